The molecule has 0 aromatic carbocycles. The van der Waals surface area contributed by atoms with Gasteiger partial charge in [-0.1, -0.05) is 0 Å². The van der Waals surface area contributed by atoms with Gasteiger partial charge in [0, 0.05) is 4.88 Å². The number of nitrogens with zero attached hydrogens (tertiary/aromatic N) is 4. The molecule has 1 atom stereocenters. The first-order chi connectivity index (χ1) is 9.81. The van der Waals surface area contributed by atoms with Crippen LogP contribution in [0.4, 0.5) is 5.82 Å². The maximum atomic E-state index is 4.68. The monoisotopic (exact) mass is 286 g/mol. The van der Waals surface area contributed by atoms with Gasteiger partial charge in [-0.25, -0.2) is 19.9 Å². The Kier molecular flexibility index (Phi) is 2.66. The summed E-state index contributed by atoms with van der Waals surface area (Å²) in [5.41, 5.74) is 2.73. The lowest BCUT2D eigenvalue weighted by molar-refractivity contribution is 0.592. The Morgan fingerprint density at radius 2 is 2.30 bits per heavy atom. The highest BCUT2D eigenvalue weighted by molar-refractivity contribution is 7.11. The summed E-state index contributed by atoms with van der Waals surface area (Å²) in [6, 6.07) is 0.227. The van der Waals surface area contributed by atoms with Crippen molar-refractivity contribution in [2.75, 3.05) is 5.32 Å². The Balaban J connectivity index is 1.71. The number of aryl methyl sites for hydroxylation is 2. The van der Waals surface area contributed by atoms with Crippen LogP contribution < -0.4 is 5.32 Å². The fraction of sp³-hybridized carbons (Fsp3) is 0.385. The van der Waals surface area contributed by atoms with Crippen molar-refractivity contribution in [1.82, 2.24) is 24.9 Å². The van der Waals surface area contributed by atoms with Gasteiger partial charge in [0.25, 0.3) is 0 Å². The third-order valence-corrected chi connectivity index (χ3v) is 4.64. The van der Waals surface area contributed by atoms with E-state index in [9.17, 15) is 0 Å². The van der Waals surface area contributed by atoms with Crippen LogP contribution in [-0.4, -0.2) is 24.9 Å². The fourth-order valence-electron chi connectivity index (χ4n) is 2.72. The molecule has 3 aromatic heterocycles. The molecular weight excluding hydrogens is 272 g/mol. The van der Waals surface area contributed by atoms with Gasteiger partial charge in [0.1, 0.15) is 11.8 Å². The molecule has 3 aromatic rings. The maximum Gasteiger partial charge on any atom is 0.182 e. The van der Waals surface area contributed by atoms with Gasteiger partial charge in [-0.2, -0.15) is 0 Å². The minimum Gasteiger partial charge on any atom is -0.360 e. The highest BCUT2D eigenvalue weighted by Gasteiger charge is 2.24. The molecule has 2 N–H and O–H groups in total. The second-order valence-electron chi connectivity index (χ2n) is 4.95. The first-order valence-electron chi connectivity index (χ1n) is 6.68. The van der Waals surface area contributed by atoms with Gasteiger partial charge in [-0.05, 0) is 26.2 Å². The van der Waals surface area contributed by atoms with Crippen molar-refractivity contribution in [3.8, 4) is 0 Å². The SMILES string of the molecule is Cc1nc2c(s1)CCC[C@H]2Nc1ncnc2nc[nH]c12. The lowest BCUT2D eigenvalue weighted by atomic mass is 9.97. The zero-order chi connectivity index (χ0) is 13.5. The summed E-state index contributed by atoms with van der Waals surface area (Å²) in [6.07, 6.45) is 6.59. The number of aromatic amines is 1. The number of fused-ring (bicyclic) bond motifs is 2. The number of thiazole rings is 1. The van der Waals surface area contributed by atoms with Crippen molar-refractivity contribution in [2.24, 2.45) is 0 Å². The van der Waals surface area contributed by atoms with Gasteiger partial charge in [0.15, 0.2) is 11.5 Å². The molecule has 20 heavy (non-hydrogen) atoms. The summed E-state index contributed by atoms with van der Waals surface area (Å²) in [6.45, 7) is 2.07. The minimum absolute atomic E-state index is 0.227. The number of hydrogen-bond donors (Lipinski definition) is 2. The molecule has 0 aliphatic heterocycles. The van der Waals surface area contributed by atoms with Crippen LogP contribution in [0.1, 0.15) is 34.5 Å². The van der Waals surface area contributed by atoms with Crippen LogP contribution in [0.3, 0.4) is 0 Å². The summed E-state index contributed by atoms with van der Waals surface area (Å²) in [5.74, 6) is 0.802. The third kappa shape index (κ3) is 1.85. The van der Waals surface area contributed by atoms with Crippen LogP contribution in [0, 0.1) is 6.92 Å². The molecule has 0 unspecified atom stereocenters. The van der Waals surface area contributed by atoms with Crippen LogP contribution in [0.2, 0.25) is 0 Å². The van der Waals surface area contributed by atoms with Crippen LogP contribution in [-0.2, 0) is 6.42 Å². The molecule has 0 bridgehead atoms. The van der Waals surface area contributed by atoms with E-state index in [1.807, 2.05) is 0 Å². The minimum atomic E-state index is 0.227. The van der Waals surface area contributed by atoms with Gasteiger partial charge in [0.05, 0.1) is 23.1 Å². The molecule has 0 radical (unpaired) electrons. The van der Waals surface area contributed by atoms with Gasteiger partial charge < -0.3 is 10.3 Å². The Morgan fingerprint density at radius 1 is 1.35 bits per heavy atom. The zero-order valence-electron chi connectivity index (χ0n) is 11.1. The summed E-state index contributed by atoms with van der Waals surface area (Å²) in [5, 5.41) is 4.64. The molecule has 0 saturated heterocycles. The van der Waals surface area contributed by atoms with E-state index in [2.05, 4.69) is 37.2 Å². The van der Waals surface area contributed by atoms with E-state index < -0.39 is 0 Å². The largest absolute Gasteiger partial charge is 0.360 e. The quantitative estimate of drug-likeness (QED) is 0.757. The molecule has 1 aliphatic carbocycles. The predicted octanol–water partition coefficient (Wildman–Crippen LogP) is 2.61. The summed E-state index contributed by atoms with van der Waals surface area (Å²) >= 11 is 1.81. The third-order valence-electron chi connectivity index (χ3n) is 3.60. The molecule has 4 rings (SSSR count). The average Bonchev–Trinajstić information content (AvgIpc) is 3.05. The molecule has 0 fully saturated rings. The average molecular weight is 286 g/mol. The van der Waals surface area contributed by atoms with Gasteiger partial charge in [-0.15, -0.1) is 11.3 Å². The van der Waals surface area contributed by atoms with E-state index in [0.29, 0.717) is 5.65 Å². The van der Waals surface area contributed by atoms with E-state index in [1.54, 1.807) is 24.0 Å². The number of H-pyrrole nitrogens is 1. The van der Waals surface area contributed by atoms with E-state index >= 15 is 0 Å². The first kappa shape index (κ1) is 11.8. The van der Waals surface area contributed by atoms with Crippen LogP contribution in [0.15, 0.2) is 12.7 Å². The molecule has 0 saturated carbocycles. The highest BCUT2D eigenvalue weighted by atomic mass is 32.1. The maximum absolute atomic E-state index is 4.68. The number of aromatic nitrogens is 5. The topological polar surface area (TPSA) is 79.4 Å². The molecule has 3 heterocycles. The lowest BCUT2D eigenvalue weighted by Gasteiger charge is -2.22. The van der Waals surface area contributed by atoms with E-state index in [4.69, 9.17) is 0 Å². The van der Waals surface area contributed by atoms with Crippen molar-refractivity contribution in [3.63, 3.8) is 0 Å². The van der Waals surface area contributed by atoms with Crippen LogP contribution in [0.25, 0.3) is 11.2 Å². The van der Waals surface area contributed by atoms with Gasteiger partial charge in [-0.3, -0.25) is 0 Å². The molecule has 0 spiro atoms. The molecular formula is C13H14N6S. The first-order valence-corrected chi connectivity index (χ1v) is 7.50. The molecule has 7 heteroatoms. The fourth-order valence-corrected chi connectivity index (χ4v) is 3.76. The Bertz CT molecular complexity index is 761. The van der Waals surface area contributed by atoms with Crippen LogP contribution in [0.5, 0.6) is 0 Å². The Hall–Kier alpha value is -2.02. The predicted molar refractivity (Wildman–Crippen MR) is 77.8 cm³/mol. The summed E-state index contributed by atoms with van der Waals surface area (Å²) in [7, 11) is 0. The van der Waals surface area contributed by atoms with Crippen LogP contribution >= 0.6 is 11.3 Å². The van der Waals surface area contributed by atoms with E-state index in [-0.39, 0.29) is 6.04 Å². The van der Waals surface area contributed by atoms with Crippen molar-refractivity contribution < 1.29 is 0 Å². The summed E-state index contributed by atoms with van der Waals surface area (Å²) in [4.78, 5) is 21.8. The lowest BCUT2D eigenvalue weighted by Crippen LogP contribution is -2.17. The van der Waals surface area contributed by atoms with Crippen molar-refractivity contribution in [1.29, 1.82) is 0 Å². The molecule has 1 aliphatic rings. The standard InChI is InChI=1S/C13H14N6S/c1-7-18-10-8(3-2-4-9(10)20-7)19-13-11-12(15-5-14-11)16-6-17-13/h5-6,8H,2-4H2,1H3,(H2,14,15,16,17,19)/t8-/m1/s1. The molecule has 0 amide bonds. The van der Waals surface area contributed by atoms with E-state index in [0.717, 1.165) is 29.2 Å². The smallest absolute Gasteiger partial charge is 0.182 e. The number of rotatable bonds is 2. The molecule has 102 valence electrons. The molecule has 6 nitrogen and oxygen atoms in total. The van der Waals surface area contributed by atoms with Crippen molar-refractivity contribution in [3.05, 3.63) is 28.2 Å². The Morgan fingerprint density at radius 3 is 3.25 bits per heavy atom. The van der Waals surface area contributed by atoms with Gasteiger partial charge >= 0.3 is 0 Å². The Labute approximate surface area is 119 Å². The number of imidazole rings is 1. The second kappa shape index (κ2) is 4.52. The summed E-state index contributed by atoms with van der Waals surface area (Å²) < 4.78 is 0. The highest BCUT2D eigenvalue weighted by Crippen LogP contribution is 2.35. The number of nitrogens with one attached hydrogen (secondary N) is 2. The van der Waals surface area contributed by atoms with Gasteiger partial charge in [0.2, 0.25) is 0 Å². The zero-order valence-corrected chi connectivity index (χ0v) is 11.9. The van der Waals surface area contributed by atoms with Crippen molar-refractivity contribution >= 4 is 28.3 Å². The van der Waals surface area contributed by atoms with Crippen molar-refractivity contribution in [2.45, 2.75) is 32.2 Å². The normalized spacial score (nSPS) is 18.1. The second-order valence-corrected chi connectivity index (χ2v) is 6.24. The number of hydrogen-bond acceptors (Lipinski definition) is 6. The number of anilines is 1. The van der Waals surface area contributed by atoms with E-state index in [1.165, 1.54) is 17.0 Å².